The zero-order chi connectivity index (χ0) is 50.8. The Morgan fingerprint density at radius 1 is 0.471 bits per heavy atom. The van der Waals surface area contributed by atoms with Gasteiger partial charge in [-0.3, -0.25) is 9.55 Å². The molecule has 2 aromatic heterocycles. The van der Waals surface area contributed by atoms with Crippen molar-refractivity contribution >= 4 is 11.0 Å². The average Bonchev–Trinajstić information content (AvgIpc) is 3.76. The van der Waals surface area contributed by atoms with Gasteiger partial charge in [0.2, 0.25) is 0 Å². The lowest BCUT2D eigenvalue weighted by atomic mass is 9.76. The second-order valence-electron chi connectivity index (χ2n) is 22.4. The standard InChI is InChI=1S/C66H67N3O/c1-64(2,3)52-31-33-59(56(41-52)48-19-14-11-15-20-48)69-60-22-16-21-55(62(60)68-63(69)57-42-53(65(4,5)6)32-34-61(57)70)50-37-51(39-54(38-50)66(7,8)9)58-40-49(35-36-67-58)47-29-27-46(28-30-47)45-25-23-44(24-26-45)43-17-12-10-13-18-43/h10-22,27-42,44-45,70H,23-26H2,1-9H3/i44D,45D. The molecule has 4 nitrogen and oxygen atoms in total. The minimum Gasteiger partial charge on any atom is -0.507 e. The molecule has 0 atom stereocenters. The summed E-state index contributed by atoms with van der Waals surface area (Å²) in [7, 11) is 0. The molecule has 0 bridgehead atoms. The Bertz CT molecular complexity index is 3440. The fraction of sp³-hybridized carbons (Fsp3) is 0.273. The Morgan fingerprint density at radius 2 is 1.06 bits per heavy atom. The van der Waals surface area contributed by atoms with Gasteiger partial charge in [-0.05, 0) is 158 Å². The monoisotopic (exact) mass is 920 g/mol. The molecular weight excluding hydrogens is 851 g/mol. The Morgan fingerprint density at radius 3 is 1.70 bits per heavy atom. The smallest absolute Gasteiger partial charge is 0.149 e. The molecule has 0 unspecified atom stereocenters. The lowest BCUT2D eigenvalue weighted by Gasteiger charge is -2.29. The number of phenolic OH excluding ortho intramolecular Hbond substituents is 1. The molecule has 352 valence electrons. The summed E-state index contributed by atoms with van der Waals surface area (Å²) in [5, 5.41) is 11.8. The van der Waals surface area contributed by atoms with Gasteiger partial charge in [-0.1, -0.05) is 178 Å². The van der Waals surface area contributed by atoms with E-state index in [2.05, 4.69) is 206 Å². The van der Waals surface area contributed by atoms with Gasteiger partial charge in [-0.2, -0.15) is 0 Å². The van der Waals surface area contributed by atoms with Gasteiger partial charge in [0.15, 0.2) is 0 Å². The summed E-state index contributed by atoms with van der Waals surface area (Å²) in [6.45, 7) is 20.1. The van der Waals surface area contributed by atoms with E-state index in [1.807, 2.05) is 36.5 Å². The molecule has 1 saturated carbocycles. The first kappa shape index (κ1) is 44.2. The third kappa shape index (κ3) is 9.37. The van der Waals surface area contributed by atoms with Gasteiger partial charge in [0.1, 0.15) is 11.6 Å². The normalized spacial score (nSPS) is 18.1. The van der Waals surface area contributed by atoms with Crippen LogP contribution in [0.2, 0.25) is 0 Å². The zero-order valence-electron chi connectivity index (χ0n) is 44.4. The van der Waals surface area contributed by atoms with Crippen molar-refractivity contribution in [2.45, 2.75) is 116 Å². The number of rotatable bonds is 8. The molecule has 1 fully saturated rings. The largest absolute Gasteiger partial charge is 0.507 e. The number of phenols is 1. The van der Waals surface area contributed by atoms with Gasteiger partial charge in [-0.15, -0.1) is 0 Å². The van der Waals surface area contributed by atoms with Gasteiger partial charge in [0.25, 0.3) is 0 Å². The van der Waals surface area contributed by atoms with Crippen LogP contribution in [0.5, 0.6) is 5.75 Å². The van der Waals surface area contributed by atoms with Crippen molar-refractivity contribution in [1.82, 2.24) is 14.5 Å². The van der Waals surface area contributed by atoms with E-state index >= 15 is 0 Å². The first-order valence-corrected chi connectivity index (χ1v) is 25.0. The summed E-state index contributed by atoms with van der Waals surface area (Å²) in [6.07, 6.45) is 4.53. The molecule has 9 aromatic rings. The summed E-state index contributed by atoms with van der Waals surface area (Å²) in [5.41, 5.74) is 16.8. The van der Waals surface area contributed by atoms with Gasteiger partial charge >= 0.3 is 0 Å². The summed E-state index contributed by atoms with van der Waals surface area (Å²) >= 11 is 0. The van der Waals surface area contributed by atoms with Crippen molar-refractivity contribution < 1.29 is 7.85 Å². The molecule has 1 N–H and O–H groups in total. The second kappa shape index (κ2) is 18.4. The molecule has 0 spiro atoms. The number of pyridine rings is 1. The number of hydrogen-bond donors (Lipinski definition) is 1. The molecule has 10 rings (SSSR count). The highest BCUT2D eigenvalue weighted by Gasteiger charge is 2.27. The summed E-state index contributed by atoms with van der Waals surface area (Å²) in [5.74, 6) is -0.513. The molecule has 0 saturated heterocycles. The predicted molar refractivity (Wildman–Crippen MR) is 294 cm³/mol. The first-order chi connectivity index (χ1) is 34.2. The highest BCUT2D eigenvalue weighted by atomic mass is 16.3. The number of aromatic nitrogens is 3. The molecule has 1 aliphatic rings. The Balaban J connectivity index is 1.09. The molecule has 1 aliphatic carbocycles. The van der Waals surface area contributed by atoms with Crippen LogP contribution in [0.1, 0.15) is 130 Å². The highest BCUT2D eigenvalue weighted by molar-refractivity contribution is 5.98. The minimum absolute atomic E-state index is 0.0786. The van der Waals surface area contributed by atoms with Crippen LogP contribution in [-0.4, -0.2) is 19.6 Å². The van der Waals surface area contributed by atoms with Gasteiger partial charge in [0, 0.05) is 25.6 Å². The van der Waals surface area contributed by atoms with Gasteiger partial charge in [-0.25, -0.2) is 4.98 Å². The van der Waals surface area contributed by atoms with E-state index in [1.54, 1.807) is 0 Å². The van der Waals surface area contributed by atoms with E-state index in [4.69, 9.17) is 9.97 Å². The van der Waals surface area contributed by atoms with Crippen LogP contribution in [0.4, 0.5) is 0 Å². The molecule has 2 heterocycles. The average molecular weight is 920 g/mol. The van der Waals surface area contributed by atoms with Crippen LogP contribution in [0.15, 0.2) is 176 Å². The molecule has 4 heteroatoms. The second-order valence-corrected chi connectivity index (χ2v) is 22.4. The maximum atomic E-state index is 11.8. The third-order valence-corrected chi connectivity index (χ3v) is 14.4. The summed E-state index contributed by atoms with van der Waals surface area (Å²) < 4.78 is 21.0. The van der Waals surface area contributed by atoms with Crippen LogP contribution >= 0.6 is 0 Å². The third-order valence-electron chi connectivity index (χ3n) is 14.4. The first-order valence-electron chi connectivity index (χ1n) is 26.0. The summed E-state index contributed by atoms with van der Waals surface area (Å²) in [6, 6.07) is 59.5. The van der Waals surface area contributed by atoms with Crippen molar-refractivity contribution in [2.24, 2.45) is 0 Å². The SMILES string of the molecule is [2H]C1(c2ccccc2)CCC([2H])(c2ccc(-c3ccnc(-c4cc(-c5cccc6c5nc(-c5cc(C(C)(C)C)ccc5O)n6-c5ccc(C(C)(C)C)cc5-c5ccccc5)cc(C(C)(C)C)c4)c3)cc2)CC1. The van der Waals surface area contributed by atoms with E-state index in [9.17, 15) is 7.85 Å². The lowest BCUT2D eigenvalue weighted by Crippen LogP contribution is -2.12. The Labute approximate surface area is 419 Å². The number of para-hydroxylation sites is 1. The van der Waals surface area contributed by atoms with Gasteiger partial charge < -0.3 is 5.11 Å². The van der Waals surface area contributed by atoms with Crippen LogP contribution in [0.3, 0.4) is 0 Å². The highest BCUT2D eigenvalue weighted by Crippen LogP contribution is 2.45. The summed E-state index contributed by atoms with van der Waals surface area (Å²) in [4.78, 5) is 10.6. The quantitative estimate of drug-likeness (QED) is 0.165. The fourth-order valence-corrected chi connectivity index (χ4v) is 10.1. The topological polar surface area (TPSA) is 50.9 Å². The van der Waals surface area contributed by atoms with Crippen LogP contribution in [-0.2, 0) is 16.2 Å². The van der Waals surface area contributed by atoms with E-state index in [1.165, 1.54) is 11.1 Å². The van der Waals surface area contributed by atoms with E-state index in [0.29, 0.717) is 37.1 Å². The molecular formula is C66H67N3O. The minimum atomic E-state index is -0.720. The van der Waals surface area contributed by atoms with E-state index in [-0.39, 0.29) is 22.0 Å². The van der Waals surface area contributed by atoms with Crippen molar-refractivity contribution in [2.75, 3.05) is 0 Å². The number of imidazole rings is 1. The van der Waals surface area contributed by atoms with Crippen molar-refractivity contribution in [3.05, 3.63) is 204 Å². The molecule has 7 aromatic carbocycles. The predicted octanol–water partition coefficient (Wildman–Crippen LogP) is 17.8. The molecule has 0 amide bonds. The molecule has 70 heavy (non-hydrogen) atoms. The van der Waals surface area contributed by atoms with E-state index < -0.39 is 11.8 Å². The Hall–Kier alpha value is -7.04. The van der Waals surface area contributed by atoms with E-state index in [0.717, 1.165) is 78.0 Å². The number of nitrogens with zero attached hydrogens (tertiary/aromatic N) is 3. The maximum absolute atomic E-state index is 11.8. The van der Waals surface area contributed by atoms with Crippen molar-refractivity contribution in [3.63, 3.8) is 0 Å². The van der Waals surface area contributed by atoms with Crippen LogP contribution < -0.4 is 0 Å². The number of hydrogen-bond acceptors (Lipinski definition) is 3. The number of aromatic hydroxyl groups is 1. The zero-order valence-corrected chi connectivity index (χ0v) is 42.4. The van der Waals surface area contributed by atoms with Crippen molar-refractivity contribution in [1.29, 1.82) is 0 Å². The van der Waals surface area contributed by atoms with Crippen LogP contribution in [0.25, 0.3) is 72.7 Å². The maximum Gasteiger partial charge on any atom is 0.149 e. The number of fused-ring (bicyclic) bond motifs is 1. The molecule has 0 radical (unpaired) electrons. The fourth-order valence-electron chi connectivity index (χ4n) is 10.1. The van der Waals surface area contributed by atoms with Gasteiger partial charge in [0.05, 0.1) is 28.0 Å². The van der Waals surface area contributed by atoms with Crippen LogP contribution in [0, 0.1) is 0 Å². The lowest BCUT2D eigenvalue weighted by molar-refractivity contribution is 0.396. The Kier molecular flexibility index (Phi) is 11.6. The molecule has 0 aliphatic heterocycles. The number of benzene rings is 7. The van der Waals surface area contributed by atoms with Crippen molar-refractivity contribution in [3.8, 4) is 67.5 Å².